The van der Waals surface area contributed by atoms with Gasteiger partial charge < -0.3 is 35.1 Å². The van der Waals surface area contributed by atoms with Gasteiger partial charge in [-0.05, 0) is 69.1 Å². The fraction of sp³-hybridized carbons (Fsp3) is 0.559. The van der Waals surface area contributed by atoms with Gasteiger partial charge in [0.05, 0.1) is 43.3 Å². The topological polar surface area (TPSA) is 131 Å². The molecule has 3 saturated heterocycles. The predicted octanol–water partition coefficient (Wildman–Crippen LogP) is 3.34. The van der Waals surface area contributed by atoms with Crippen molar-refractivity contribution in [2.75, 3.05) is 36.5 Å². The van der Waals surface area contributed by atoms with Crippen LogP contribution in [0.1, 0.15) is 50.2 Å². The zero-order chi connectivity index (χ0) is 31.9. The van der Waals surface area contributed by atoms with Gasteiger partial charge in [0, 0.05) is 35.8 Å². The molecule has 0 bridgehead atoms. The van der Waals surface area contributed by atoms with Crippen molar-refractivity contribution in [3.63, 3.8) is 0 Å². The summed E-state index contributed by atoms with van der Waals surface area (Å²) in [5.74, 6) is -0.678. The van der Waals surface area contributed by atoms with Crippen molar-refractivity contribution in [2.24, 2.45) is 11.8 Å². The van der Waals surface area contributed by atoms with Gasteiger partial charge >= 0.3 is 0 Å². The molecule has 1 unspecified atom stereocenters. The van der Waals surface area contributed by atoms with Gasteiger partial charge in [0.25, 0.3) is 5.91 Å². The minimum Gasteiger partial charge on any atom is -0.432 e. The Bertz CT molecular complexity index is 1420. The third-order valence-electron chi connectivity index (χ3n) is 10.4. The van der Waals surface area contributed by atoms with Crippen LogP contribution in [-0.2, 0) is 31.3 Å². The number of aliphatic hydroxyl groups excluding tert-OH is 1. The van der Waals surface area contributed by atoms with Gasteiger partial charge in [-0.25, -0.2) is 0 Å². The smallest absolute Gasteiger partial charge is 0.264 e. The summed E-state index contributed by atoms with van der Waals surface area (Å²) in [5.41, 5.74) is 1.49. The number of hydrogen-bond donors (Lipinski definition) is 4. The van der Waals surface area contributed by atoms with Gasteiger partial charge in [-0.2, -0.15) is 0 Å². The molecule has 4 heterocycles. The van der Waals surface area contributed by atoms with Crippen LogP contribution < -0.4 is 15.5 Å². The van der Waals surface area contributed by atoms with Crippen LogP contribution in [0.15, 0.2) is 48.5 Å². The first-order chi connectivity index (χ1) is 21.5. The fourth-order valence-corrected chi connectivity index (χ4v) is 10.8. The second-order valence-electron chi connectivity index (χ2n) is 13.8. The molecular weight excluding hydrogens is 588 g/mol. The summed E-state index contributed by atoms with van der Waals surface area (Å²) in [6.45, 7) is 8.16. The maximum Gasteiger partial charge on any atom is 0.264 e. The highest BCUT2D eigenvalue weighted by atomic mass is 28.4. The molecule has 3 amide bonds. The molecule has 4 aliphatic rings. The monoisotopic (exact) mass is 634 g/mol. The third kappa shape index (κ3) is 5.85. The van der Waals surface area contributed by atoms with Gasteiger partial charge in [-0.3, -0.25) is 14.4 Å². The van der Waals surface area contributed by atoms with Gasteiger partial charge in [-0.15, -0.1) is 0 Å². The summed E-state index contributed by atoms with van der Waals surface area (Å²) < 4.78 is 6.81. The Morgan fingerprint density at radius 1 is 1.11 bits per heavy atom. The maximum atomic E-state index is 14.6. The van der Waals surface area contributed by atoms with Gasteiger partial charge in [0.1, 0.15) is 0 Å². The van der Waals surface area contributed by atoms with Crippen LogP contribution in [-0.4, -0.2) is 79.2 Å². The summed E-state index contributed by atoms with van der Waals surface area (Å²) in [7, 11) is -2.91. The normalized spacial score (nSPS) is 29.8. The van der Waals surface area contributed by atoms with E-state index in [4.69, 9.17) is 4.74 Å². The summed E-state index contributed by atoms with van der Waals surface area (Å²) in [6.07, 6.45) is 2.92. The van der Waals surface area contributed by atoms with Crippen molar-refractivity contribution in [2.45, 2.75) is 82.0 Å². The van der Waals surface area contributed by atoms with E-state index in [-0.39, 0.29) is 54.2 Å². The number of nitrogens with one attached hydrogen (secondary N) is 2. The number of rotatable bonds is 8. The van der Waals surface area contributed by atoms with E-state index in [1.807, 2.05) is 68.5 Å². The van der Waals surface area contributed by atoms with E-state index in [0.29, 0.717) is 19.6 Å². The molecule has 0 radical (unpaired) electrons. The average molecular weight is 635 g/mol. The Hall–Kier alpha value is -3.09. The number of benzene rings is 2. The number of nitrogens with zero attached hydrogens (tertiary/aromatic N) is 2. The van der Waals surface area contributed by atoms with Crippen molar-refractivity contribution in [1.82, 2.24) is 10.2 Å². The van der Waals surface area contributed by atoms with Crippen LogP contribution in [0, 0.1) is 11.8 Å². The molecule has 0 aliphatic carbocycles. The van der Waals surface area contributed by atoms with Crippen molar-refractivity contribution in [3.8, 4) is 0 Å². The predicted molar refractivity (Wildman–Crippen MR) is 174 cm³/mol. The molecular formula is C34H46N4O6Si. The number of ether oxygens (including phenoxy) is 1. The van der Waals surface area contributed by atoms with Gasteiger partial charge in [0.2, 0.25) is 11.8 Å². The Labute approximate surface area is 266 Å². The molecule has 45 heavy (non-hydrogen) atoms. The fourth-order valence-electron chi connectivity index (χ4n) is 8.23. The first-order valence-corrected chi connectivity index (χ1v) is 19.4. The molecule has 2 aromatic rings. The van der Waals surface area contributed by atoms with Crippen molar-refractivity contribution >= 4 is 37.4 Å². The number of carbonyl (C=O) groups is 3. The third-order valence-corrected chi connectivity index (χ3v) is 12.9. The first kappa shape index (κ1) is 31.9. The maximum absolute atomic E-state index is 14.6. The van der Waals surface area contributed by atoms with E-state index >= 15 is 0 Å². The lowest BCUT2D eigenvalue weighted by molar-refractivity contribution is -0.150. The number of aliphatic hydroxyl groups is 1. The minimum atomic E-state index is -2.91. The molecule has 2 aromatic carbocycles. The molecule has 4 aliphatic heterocycles. The molecule has 0 saturated carbocycles. The number of anilines is 2. The number of carbonyl (C=O) groups excluding carboxylic acids is 3. The van der Waals surface area contributed by atoms with Crippen molar-refractivity contribution < 1.29 is 29.0 Å². The van der Waals surface area contributed by atoms with E-state index in [0.717, 1.165) is 54.7 Å². The molecule has 6 rings (SSSR count). The van der Waals surface area contributed by atoms with Crippen LogP contribution in [0.4, 0.5) is 11.4 Å². The van der Waals surface area contributed by atoms with Crippen molar-refractivity contribution in [3.05, 3.63) is 59.7 Å². The minimum absolute atomic E-state index is 0.0162. The van der Waals surface area contributed by atoms with Crippen LogP contribution in [0.5, 0.6) is 0 Å². The summed E-state index contributed by atoms with van der Waals surface area (Å²) in [5, 5.41) is 16.1. The molecule has 242 valence electrons. The lowest BCUT2D eigenvalue weighted by Crippen LogP contribution is -2.46. The number of likely N-dealkylation sites (tertiary alicyclic amines) is 1. The number of fused-ring (bicyclic) bond motifs is 2. The standard InChI is InChI=1S/C34H46N4O6Si/c1-22-31(45(2,3)43)29(18-30(40)37-17-7-9-26(37)21-39)44-34(22)27-10-4-5-11-28(27)38(33(34)42)20-23-12-14-25(15-13-23)36-32(41)24-8-6-16-35-19-24/h4-5,10-15,22,24,26,29,31,35,39,43H,6-9,16-21H2,1-3H3,(H,36,41)/t22-,24?,26+,29+,31-,34+/m1/s1. The van der Waals surface area contributed by atoms with E-state index in [2.05, 4.69) is 10.6 Å². The molecule has 10 nitrogen and oxygen atoms in total. The Balaban J connectivity index is 1.24. The Morgan fingerprint density at radius 2 is 1.87 bits per heavy atom. The summed E-state index contributed by atoms with van der Waals surface area (Å²) in [6, 6.07) is 15.1. The summed E-state index contributed by atoms with van der Waals surface area (Å²) >= 11 is 0. The van der Waals surface area contributed by atoms with Crippen LogP contribution in [0.25, 0.3) is 0 Å². The Morgan fingerprint density at radius 3 is 2.56 bits per heavy atom. The average Bonchev–Trinajstić information content (AvgIpc) is 3.69. The highest BCUT2D eigenvalue weighted by Crippen LogP contribution is 2.59. The second-order valence-corrected chi connectivity index (χ2v) is 17.7. The highest BCUT2D eigenvalue weighted by molar-refractivity contribution is 6.71. The lowest BCUT2D eigenvalue weighted by atomic mass is 9.82. The molecule has 11 heteroatoms. The highest BCUT2D eigenvalue weighted by Gasteiger charge is 2.66. The largest absolute Gasteiger partial charge is 0.432 e. The van der Waals surface area contributed by atoms with Crippen LogP contribution >= 0.6 is 0 Å². The molecule has 6 atom stereocenters. The number of hydrogen-bond acceptors (Lipinski definition) is 7. The molecule has 1 spiro atoms. The zero-order valence-electron chi connectivity index (χ0n) is 26.5. The lowest BCUT2D eigenvalue weighted by Gasteiger charge is -2.32. The van der Waals surface area contributed by atoms with Crippen molar-refractivity contribution in [1.29, 1.82) is 0 Å². The SMILES string of the molecule is C[C@@H]1[C@@H]([Si](C)(C)O)[C@H](CC(=O)N2CCC[C@H]2CO)O[C@@]12C(=O)N(Cc1ccc(NC(=O)C3CCCNC3)cc1)c1ccccc12. The molecule has 0 aromatic heterocycles. The number of piperidine rings is 1. The van der Waals surface area contributed by atoms with E-state index in [1.54, 1.807) is 9.80 Å². The molecule has 3 fully saturated rings. The van der Waals surface area contributed by atoms with E-state index in [1.165, 1.54) is 0 Å². The van der Waals surface area contributed by atoms with Gasteiger partial charge in [0.15, 0.2) is 13.9 Å². The van der Waals surface area contributed by atoms with Gasteiger partial charge in [-0.1, -0.05) is 37.3 Å². The van der Waals surface area contributed by atoms with E-state index in [9.17, 15) is 24.3 Å². The second kappa shape index (κ2) is 12.6. The first-order valence-electron chi connectivity index (χ1n) is 16.4. The number of amides is 3. The van der Waals surface area contributed by atoms with E-state index < -0.39 is 20.0 Å². The van der Waals surface area contributed by atoms with Crippen LogP contribution in [0.2, 0.25) is 18.6 Å². The number of para-hydroxylation sites is 1. The van der Waals surface area contributed by atoms with Crippen LogP contribution in [0.3, 0.4) is 0 Å². The Kier molecular flexibility index (Phi) is 8.92. The quantitative estimate of drug-likeness (QED) is 0.328. The zero-order valence-corrected chi connectivity index (χ0v) is 27.5. The summed E-state index contributed by atoms with van der Waals surface area (Å²) in [4.78, 5) is 55.8. The molecule has 4 N–H and O–H groups in total.